The highest BCUT2D eigenvalue weighted by atomic mass is 16.5. The molecule has 2 heterocycles. The Morgan fingerprint density at radius 2 is 1.89 bits per heavy atom. The number of carbonyl (C=O) groups excluding carboxylic acids is 1. The zero-order valence-electron chi connectivity index (χ0n) is 16.3. The van der Waals surface area contributed by atoms with Crippen molar-refractivity contribution >= 4 is 17.3 Å². The highest BCUT2D eigenvalue weighted by Crippen LogP contribution is 2.45. The first-order valence-electron chi connectivity index (χ1n) is 9.50. The summed E-state index contributed by atoms with van der Waals surface area (Å²) in [6, 6.07) is 13.5. The van der Waals surface area contributed by atoms with Crippen LogP contribution in [-0.4, -0.2) is 51.6 Å². The fourth-order valence-corrected chi connectivity index (χ4v) is 4.65. The Labute approximate surface area is 160 Å². The summed E-state index contributed by atoms with van der Waals surface area (Å²) in [6.45, 7) is 3.22. The Morgan fingerprint density at radius 3 is 2.59 bits per heavy atom. The third-order valence-electron chi connectivity index (χ3n) is 5.90. The van der Waals surface area contributed by atoms with Gasteiger partial charge in [0.15, 0.2) is 0 Å². The number of fused-ring (bicyclic) bond motifs is 2. The van der Waals surface area contributed by atoms with Gasteiger partial charge in [0.25, 0.3) is 5.91 Å². The Balaban J connectivity index is 1.60. The van der Waals surface area contributed by atoms with Gasteiger partial charge in [-0.2, -0.15) is 0 Å². The number of hydrogen-bond acceptors (Lipinski definition) is 4. The summed E-state index contributed by atoms with van der Waals surface area (Å²) in [5.74, 6) is 0.703. The number of piperidine rings is 1. The Hall–Kier alpha value is -2.53. The maximum Gasteiger partial charge on any atom is 0.255 e. The van der Waals surface area contributed by atoms with E-state index in [2.05, 4.69) is 41.3 Å². The second kappa shape index (κ2) is 6.89. The molecule has 5 heteroatoms. The quantitative estimate of drug-likeness (QED) is 0.906. The van der Waals surface area contributed by atoms with Crippen molar-refractivity contribution in [2.45, 2.75) is 18.3 Å². The molecular formula is C22H27N3O2. The highest BCUT2D eigenvalue weighted by molar-refractivity contribution is 6.04. The van der Waals surface area contributed by atoms with Crippen molar-refractivity contribution in [1.29, 1.82) is 0 Å². The van der Waals surface area contributed by atoms with Gasteiger partial charge < -0.3 is 19.9 Å². The predicted molar refractivity (Wildman–Crippen MR) is 109 cm³/mol. The molecule has 4 rings (SSSR count). The second-order valence-electron chi connectivity index (χ2n) is 7.89. The Morgan fingerprint density at radius 1 is 1.11 bits per heavy atom. The van der Waals surface area contributed by atoms with E-state index >= 15 is 0 Å². The van der Waals surface area contributed by atoms with E-state index in [9.17, 15) is 4.79 Å². The number of carbonyl (C=O) groups is 1. The average Bonchev–Trinajstić information content (AvgIpc) is 2.93. The number of anilines is 2. The van der Waals surface area contributed by atoms with Crippen molar-refractivity contribution in [2.75, 3.05) is 51.1 Å². The van der Waals surface area contributed by atoms with Gasteiger partial charge in [-0.15, -0.1) is 0 Å². The van der Waals surface area contributed by atoms with E-state index in [1.54, 1.807) is 7.11 Å². The van der Waals surface area contributed by atoms with Crippen molar-refractivity contribution < 1.29 is 9.53 Å². The number of likely N-dealkylation sites (tertiary alicyclic amines) is 1. The molecule has 2 aromatic rings. The molecule has 2 aliphatic rings. The molecule has 5 nitrogen and oxygen atoms in total. The van der Waals surface area contributed by atoms with Crippen LogP contribution in [-0.2, 0) is 5.41 Å². The van der Waals surface area contributed by atoms with Crippen LogP contribution < -0.4 is 15.0 Å². The third-order valence-corrected chi connectivity index (χ3v) is 5.90. The molecule has 1 spiro atoms. The van der Waals surface area contributed by atoms with Gasteiger partial charge in [-0.25, -0.2) is 0 Å². The zero-order chi connectivity index (χ0) is 19.0. The minimum atomic E-state index is -0.0724. The molecule has 2 aromatic carbocycles. The summed E-state index contributed by atoms with van der Waals surface area (Å²) in [4.78, 5) is 17.6. The summed E-state index contributed by atoms with van der Waals surface area (Å²) < 4.78 is 5.17. The van der Waals surface area contributed by atoms with Crippen LogP contribution in [0.1, 0.15) is 28.8 Å². The molecule has 0 aliphatic carbocycles. The molecule has 1 saturated heterocycles. The van der Waals surface area contributed by atoms with E-state index in [4.69, 9.17) is 4.74 Å². The first-order chi connectivity index (χ1) is 13.0. The van der Waals surface area contributed by atoms with E-state index in [1.165, 1.54) is 24.1 Å². The zero-order valence-corrected chi connectivity index (χ0v) is 16.3. The van der Waals surface area contributed by atoms with Gasteiger partial charge in [-0.05, 0) is 74.5 Å². The fraction of sp³-hybridized carbons (Fsp3) is 0.409. The maximum atomic E-state index is 12.8. The molecule has 1 unspecified atom stereocenters. The van der Waals surface area contributed by atoms with Gasteiger partial charge in [0.2, 0.25) is 0 Å². The minimum Gasteiger partial charge on any atom is -0.497 e. The van der Waals surface area contributed by atoms with Gasteiger partial charge in [-0.1, -0.05) is 0 Å². The number of nitrogens with one attached hydrogen (secondary N) is 1. The number of amides is 1. The normalized spacial score (nSPS) is 22.0. The number of likely N-dealkylation sites (N-methyl/N-ethyl adjacent to an activating group) is 2. The van der Waals surface area contributed by atoms with Crippen molar-refractivity contribution in [3.05, 3.63) is 53.6 Å². The molecule has 142 valence electrons. The molecule has 0 bridgehead atoms. The molecule has 0 radical (unpaired) electrons. The average molecular weight is 365 g/mol. The summed E-state index contributed by atoms with van der Waals surface area (Å²) >= 11 is 0. The van der Waals surface area contributed by atoms with E-state index in [-0.39, 0.29) is 11.3 Å². The summed E-state index contributed by atoms with van der Waals surface area (Å²) in [6.07, 6.45) is 2.38. The molecule has 27 heavy (non-hydrogen) atoms. The number of rotatable bonds is 3. The van der Waals surface area contributed by atoms with Gasteiger partial charge >= 0.3 is 0 Å². The monoisotopic (exact) mass is 365 g/mol. The first kappa shape index (κ1) is 17.9. The summed E-state index contributed by atoms with van der Waals surface area (Å²) in [5.41, 5.74) is 4.19. The number of nitrogens with zero attached hydrogens (tertiary/aromatic N) is 2. The lowest BCUT2D eigenvalue weighted by Crippen LogP contribution is -2.46. The van der Waals surface area contributed by atoms with E-state index < -0.39 is 0 Å². The van der Waals surface area contributed by atoms with Crippen LogP contribution in [0.2, 0.25) is 0 Å². The van der Waals surface area contributed by atoms with E-state index in [1.807, 2.05) is 30.3 Å². The minimum absolute atomic E-state index is 0.0724. The molecular weight excluding hydrogens is 338 g/mol. The van der Waals surface area contributed by atoms with Gasteiger partial charge in [0.1, 0.15) is 5.75 Å². The standard InChI is InChI=1S/C22H27N3O2/c1-24-12-4-11-22(14-24)15-25(2)20-10-5-16(13-19(20)22)21(26)23-17-6-8-18(27-3)9-7-17/h5-10,13H,4,11-12,14-15H2,1-3H3,(H,23,26). The first-order valence-corrected chi connectivity index (χ1v) is 9.50. The Bertz CT molecular complexity index is 845. The van der Waals surface area contributed by atoms with Crippen molar-refractivity contribution in [3.63, 3.8) is 0 Å². The number of methoxy groups -OCH3 is 1. The lowest BCUT2D eigenvalue weighted by Gasteiger charge is -2.39. The van der Waals surface area contributed by atoms with Crippen LogP contribution in [0.5, 0.6) is 5.75 Å². The smallest absolute Gasteiger partial charge is 0.255 e. The fourth-order valence-electron chi connectivity index (χ4n) is 4.65. The maximum absolute atomic E-state index is 12.8. The Kier molecular flexibility index (Phi) is 4.56. The van der Waals surface area contributed by atoms with Crippen molar-refractivity contribution in [1.82, 2.24) is 4.90 Å². The van der Waals surface area contributed by atoms with Crippen LogP contribution in [0.3, 0.4) is 0 Å². The van der Waals surface area contributed by atoms with Crippen LogP contribution in [0.15, 0.2) is 42.5 Å². The SMILES string of the molecule is COc1ccc(NC(=O)c2ccc3c(c2)C2(CCCN(C)C2)CN3C)cc1. The molecule has 2 aliphatic heterocycles. The van der Waals surface area contributed by atoms with Crippen LogP contribution in [0.4, 0.5) is 11.4 Å². The highest BCUT2D eigenvalue weighted by Gasteiger charge is 2.43. The molecule has 1 atom stereocenters. The van der Waals surface area contributed by atoms with Gasteiger partial charge in [0, 0.05) is 42.5 Å². The van der Waals surface area contributed by atoms with Crippen LogP contribution in [0, 0.1) is 0 Å². The van der Waals surface area contributed by atoms with E-state index in [0.717, 1.165) is 31.1 Å². The van der Waals surface area contributed by atoms with Crippen LogP contribution >= 0.6 is 0 Å². The van der Waals surface area contributed by atoms with Crippen molar-refractivity contribution in [2.24, 2.45) is 0 Å². The van der Waals surface area contributed by atoms with E-state index in [0.29, 0.717) is 5.56 Å². The lowest BCUT2D eigenvalue weighted by molar-refractivity contribution is 0.102. The number of ether oxygens (including phenoxy) is 1. The number of hydrogen-bond donors (Lipinski definition) is 1. The third kappa shape index (κ3) is 3.28. The molecule has 1 amide bonds. The lowest BCUT2D eigenvalue weighted by atomic mass is 9.75. The molecule has 0 aromatic heterocycles. The number of benzene rings is 2. The summed E-state index contributed by atoms with van der Waals surface area (Å²) in [5, 5.41) is 2.99. The predicted octanol–water partition coefficient (Wildman–Crippen LogP) is 3.36. The second-order valence-corrected chi connectivity index (χ2v) is 7.89. The van der Waals surface area contributed by atoms with Crippen molar-refractivity contribution in [3.8, 4) is 5.75 Å². The molecule has 1 N–H and O–H groups in total. The van der Waals surface area contributed by atoms with Crippen LogP contribution in [0.25, 0.3) is 0 Å². The summed E-state index contributed by atoms with van der Waals surface area (Å²) in [7, 11) is 5.98. The molecule has 0 saturated carbocycles. The molecule has 1 fully saturated rings. The van der Waals surface area contributed by atoms with Gasteiger partial charge in [0.05, 0.1) is 7.11 Å². The van der Waals surface area contributed by atoms with Gasteiger partial charge in [-0.3, -0.25) is 4.79 Å². The topological polar surface area (TPSA) is 44.8 Å². The largest absolute Gasteiger partial charge is 0.497 e.